The second kappa shape index (κ2) is 10.7. The third-order valence-corrected chi connectivity index (χ3v) is 5.53. The fraction of sp³-hybridized carbons (Fsp3) is 0.280. The van der Waals surface area contributed by atoms with Crippen molar-refractivity contribution in [2.24, 2.45) is 0 Å². The van der Waals surface area contributed by atoms with Gasteiger partial charge in [-0.1, -0.05) is 36.4 Å². The number of nitrogens with zero attached hydrogens (tertiary/aromatic N) is 3. The Balaban J connectivity index is 0.000000312. The highest BCUT2D eigenvalue weighted by Crippen LogP contribution is 2.27. The molecule has 0 spiro atoms. The Labute approximate surface area is 187 Å². The highest BCUT2D eigenvalue weighted by Gasteiger charge is 2.17. The van der Waals surface area contributed by atoms with Gasteiger partial charge in [0.1, 0.15) is 0 Å². The van der Waals surface area contributed by atoms with E-state index in [1.807, 2.05) is 0 Å². The van der Waals surface area contributed by atoms with Crippen molar-refractivity contribution in [1.82, 2.24) is 14.4 Å². The first-order valence-corrected chi connectivity index (χ1v) is 10.5. The van der Waals surface area contributed by atoms with Gasteiger partial charge in [0.15, 0.2) is 0 Å². The van der Waals surface area contributed by atoms with Crippen LogP contribution >= 0.6 is 0 Å². The maximum Gasteiger partial charge on any atom is 0.328 e. The number of hydrogen-bond acceptors (Lipinski definition) is 4. The van der Waals surface area contributed by atoms with Crippen LogP contribution in [0.4, 0.5) is 0 Å². The normalized spacial score (nSPS) is 14.9. The van der Waals surface area contributed by atoms with Crippen LogP contribution in [-0.4, -0.2) is 69.7 Å². The molecule has 7 nitrogen and oxygen atoms in total. The number of carbonyl (C=O) groups is 2. The van der Waals surface area contributed by atoms with Crippen LogP contribution in [0.2, 0.25) is 0 Å². The smallest absolute Gasteiger partial charge is 0.328 e. The molecule has 0 bridgehead atoms. The molecule has 1 fully saturated rings. The lowest BCUT2D eigenvalue weighted by Crippen LogP contribution is -2.43. The van der Waals surface area contributed by atoms with Crippen molar-refractivity contribution in [2.45, 2.75) is 13.5 Å². The molecule has 3 aromatic rings. The first-order valence-electron chi connectivity index (χ1n) is 10.5. The molecule has 4 rings (SSSR count). The zero-order chi connectivity index (χ0) is 23.1. The summed E-state index contributed by atoms with van der Waals surface area (Å²) in [4.78, 5) is 24.1. The summed E-state index contributed by atoms with van der Waals surface area (Å²) in [7, 11) is 2.21. The van der Waals surface area contributed by atoms with Gasteiger partial charge in [-0.2, -0.15) is 0 Å². The minimum atomic E-state index is -1.26. The van der Waals surface area contributed by atoms with E-state index >= 15 is 0 Å². The van der Waals surface area contributed by atoms with E-state index in [4.69, 9.17) is 10.2 Å². The molecule has 7 heteroatoms. The van der Waals surface area contributed by atoms with E-state index in [-0.39, 0.29) is 0 Å². The number of benzene rings is 2. The summed E-state index contributed by atoms with van der Waals surface area (Å²) in [6.45, 7) is 7.85. The molecule has 1 aliphatic rings. The number of rotatable bonds is 5. The van der Waals surface area contributed by atoms with Gasteiger partial charge in [-0.3, -0.25) is 4.90 Å². The van der Waals surface area contributed by atoms with Gasteiger partial charge < -0.3 is 19.7 Å². The molecule has 2 N–H and O–H groups in total. The zero-order valence-electron chi connectivity index (χ0n) is 18.4. The lowest BCUT2D eigenvalue weighted by molar-refractivity contribution is -0.134. The van der Waals surface area contributed by atoms with Crippen LogP contribution in [0.3, 0.4) is 0 Å². The molecule has 2 heterocycles. The van der Waals surface area contributed by atoms with Crippen LogP contribution in [-0.2, 0) is 16.1 Å². The summed E-state index contributed by atoms with van der Waals surface area (Å²) in [5.41, 5.74) is 5.32. The molecular weight excluding hydrogens is 406 g/mol. The molecule has 32 heavy (non-hydrogen) atoms. The van der Waals surface area contributed by atoms with Gasteiger partial charge in [-0.05, 0) is 37.2 Å². The number of likely N-dealkylation sites (N-methyl/N-ethyl adjacent to an activating group) is 1. The molecule has 1 aliphatic heterocycles. The SMILES string of the molecule is Cc1ccccc1-n1cc(CN2CCN(C)CC2)c2ccccc21.O=C(O)/C=C/C(=O)O. The molecule has 0 saturated carbocycles. The first-order chi connectivity index (χ1) is 15.3. The number of aliphatic carboxylic acids is 2. The Morgan fingerprint density at radius 2 is 1.50 bits per heavy atom. The Bertz CT molecular complexity index is 1100. The van der Waals surface area contributed by atoms with Crippen LogP contribution in [0.5, 0.6) is 0 Å². The van der Waals surface area contributed by atoms with Gasteiger partial charge in [0.05, 0.1) is 5.52 Å². The minimum absolute atomic E-state index is 0.558. The van der Waals surface area contributed by atoms with Crippen molar-refractivity contribution in [2.75, 3.05) is 33.2 Å². The summed E-state index contributed by atoms with van der Waals surface area (Å²) in [5, 5.41) is 17.0. The van der Waals surface area contributed by atoms with Crippen molar-refractivity contribution in [1.29, 1.82) is 0 Å². The number of hydrogen-bond donors (Lipinski definition) is 2. The Hall–Kier alpha value is -3.42. The molecule has 0 aliphatic carbocycles. The first kappa shape index (κ1) is 23.2. The van der Waals surface area contributed by atoms with Crippen molar-refractivity contribution < 1.29 is 19.8 Å². The van der Waals surface area contributed by atoms with Gasteiger partial charge in [0.25, 0.3) is 0 Å². The maximum atomic E-state index is 9.55. The van der Waals surface area contributed by atoms with E-state index in [9.17, 15) is 9.59 Å². The standard InChI is InChI=1S/C21H25N3.C4H4O4/c1-17-7-3-5-9-20(17)24-16-18(19-8-4-6-10-21(19)24)15-23-13-11-22(2)12-14-23;5-3(6)1-2-4(7)8/h3-10,16H,11-15H2,1-2H3;1-2H,(H,5,6)(H,7,8)/b;2-1+. The van der Waals surface area contributed by atoms with E-state index in [1.54, 1.807) is 0 Å². The van der Waals surface area contributed by atoms with Crippen LogP contribution in [0.25, 0.3) is 16.6 Å². The molecule has 0 radical (unpaired) electrons. The van der Waals surface area contributed by atoms with Crippen molar-refractivity contribution in [3.05, 3.63) is 78.0 Å². The molecular formula is C25H29N3O4. The summed E-state index contributed by atoms with van der Waals surface area (Å²) in [6.07, 6.45) is 3.45. The van der Waals surface area contributed by atoms with Crippen LogP contribution in [0.15, 0.2) is 66.9 Å². The summed E-state index contributed by atoms with van der Waals surface area (Å²) in [5.74, 6) is -2.51. The van der Waals surface area contributed by atoms with E-state index in [0.717, 1.165) is 32.7 Å². The van der Waals surface area contributed by atoms with Gasteiger partial charge in [-0.15, -0.1) is 0 Å². The van der Waals surface area contributed by atoms with Crippen molar-refractivity contribution >= 4 is 22.8 Å². The maximum absolute atomic E-state index is 9.55. The molecule has 0 atom stereocenters. The predicted octanol–water partition coefficient (Wildman–Crippen LogP) is 3.40. The molecule has 1 aromatic heterocycles. The second-order valence-electron chi connectivity index (χ2n) is 7.92. The van der Waals surface area contributed by atoms with E-state index in [1.165, 1.54) is 27.7 Å². The average Bonchev–Trinajstić information content (AvgIpc) is 3.13. The fourth-order valence-corrected chi connectivity index (χ4v) is 3.80. The summed E-state index contributed by atoms with van der Waals surface area (Å²) >= 11 is 0. The van der Waals surface area contributed by atoms with E-state index < -0.39 is 11.9 Å². The van der Waals surface area contributed by atoms with Crippen LogP contribution < -0.4 is 0 Å². The number of aryl methyl sites for hydroxylation is 1. The number of fused-ring (bicyclic) bond motifs is 1. The lowest BCUT2D eigenvalue weighted by Gasteiger charge is -2.32. The fourth-order valence-electron chi connectivity index (χ4n) is 3.80. The third-order valence-electron chi connectivity index (χ3n) is 5.53. The number of piperazine rings is 1. The molecule has 0 amide bonds. The Morgan fingerprint density at radius 3 is 2.12 bits per heavy atom. The quantitative estimate of drug-likeness (QED) is 0.598. The van der Waals surface area contributed by atoms with Crippen LogP contribution in [0, 0.1) is 6.92 Å². The Morgan fingerprint density at radius 1 is 0.906 bits per heavy atom. The topological polar surface area (TPSA) is 86.0 Å². The average molecular weight is 436 g/mol. The Kier molecular flexibility index (Phi) is 7.81. The minimum Gasteiger partial charge on any atom is -0.478 e. The van der Waals surface area contributed by atoms with E-state index in [2.05, 4.69) is 83.1 Å². The van der Waals surface area contributed by atoms with Crippen molar-refractivity contribution in [3.63, 3.8) is 0 Å². The molecule has 2 aromatic carbocycles. The van der Waals surface area contributed by atoms with Gasteiger partial charge in [-0.25, -0.2) is 9.59 Å². The monoisotopic (exact) mass is 435 g/mol. The number of para-hydroxylation sites is 2. The molecule has 1 saturated heterocycles. The summed E-state index contributed by atoms with van der Waals surface area (Å²) < 4.78 is 2.36. The number of carboxylic acid groups (broad SMARTS) is 2. The molecule has 168 valence electrons. The van der Waals surface area contributed by atoms with Gasteiger partial charge >= 0.3 is 11.9 Å². The number of aromatic nitrogens is 1. The zero-order valence-corrected chi connectivity index (χ0v) is 18.4. The van der Waals surface area contributed by atoms with Gasteiger partial charge in [0.2, 0.25) is 0 Å². The van der Waals surface area contributed by atoms with Crippen molar-refractivity contribution in [3.8, 4) is 5.69 Å². The molecule has 0 unspecified atom stereocenters. The third kappa shape index (κ3) is 6.06. The highest BCUT2D eigenvalue weighted by molar-refractivity contribution is 5.89. The lowest BCUT2D eigenvalue weighted by atomic mass is 10.1. The highest BCUT2D eigenvalue weighted by atomic mass is 16.4. The second-order valence-corrected chi connectivity index (χ2v) is 7.92. The van der Waals surface area contributed by atoms with Gasteiger partial charge in [0, 0.05) is 62.1 Å². The predicted molar refractivity (Wildman–Crippen MR) is 125 cm³/mol. The largest absolute Gasteiger partial charge is 0.478 e. The number of carboxylic acids is 2. The summed E-state index contributed by atoms with van der Waals surface area (Å²) in [6, 6.07) is 17.4. The van der Waals surface area contributed by atoms with E-state index in [0.29, 0.717) is 12.2 Å². The van der Waals surface area contributed by atoms with Crippen LogP contribution in [0.1, 0.15) is 11.1 Å².